The molecule has 2 rings (SSSR count). The Labute approximate surface area is 143 Å². The van der Waals surface area contributed by atoms with E-state index < -0.39 is 26.9 Å². The van der Waals surface area contributed by atoms with Gasteiger partial charge in [0.25, 0.3) is 0 Å². The minimum atomic E-state index is -3.38. The molecule has 0 radical (unpaired) electrons. The Kier molecular flexibility index (Phi) is 5.61. The topological polar surface area (TPSA) is 63.2 Å². The molecule has 8 heteroatoms. The Balaban J connectivity index is 2.08. The van der Waals surface area contributed by atoms with Crippen LogP contribution >= 0.6 is 11.8 Å². The fraction of sp³-hybridized carbons (Fsp3) is 0.188. The van der Waals surface area contributed by atoms with Gasteiger partial charge in [0.05, 0.1) is 11.5 Å². The lowest BCUT2D eigenvalue weighted by atomic mass is 10.1. The Morgan fingerprint density at radius 1 is 1.08 bits per heavy atom. The van der Waals surface area contributed by atoms with Crippen LogP contribution in [0.25, 0.3) is 0 Å². The molecule has 0 bridgehead atoms. The van der Waals surface area contributed by atoms with E-state index in [1.807, 2.05) is 0 Å². The first-order chi connectivity index (χ1) is 11.2. The van der Waals surface area contributed by atoms with Gasteiger partial charge in [-0.2, -0.15) is 0 Å². The predicted molar refractivity (Wildman–Crippen MR) is 90.9 cm³/mol. The van der Waals surface area contributed by atoms with Crippen LogP contribution in [0.4, 0.5) is 14.5 Å². The number of hydrogen-bond donors (Lipinski definition) is 1. The van der Waals surface area contributed by atoms with E-state index in [9.17, 15) is 22.0 Å². The molecule has 128 valence electrons. The van der Waals surface area contributed by atoms with Gasteiger partial charge in [0.2, 0.25) is 10.0 Å². The zero-order chi connectivity index (χ0) is 17.9. The number of hydrogen-bond acceptors (Lipinski definition) is 4. The van der Waals surface area contributed by atoms with Gasteiger partial charge in [0.15, 0.2) is 17.4 Å². The number of carbonyl (C=O) groups is 1. The van der Waals surface area contributed by atoms with Gasteiger partial charge >= 0.3 is 0 Å². The maximum Gasteiger partial charge on any atom is 0.229 e. The van der Waals surface area contributed by atoms with Crippen LogP contribution in [0.5, 0.6) is 0 Å². The molecule has 4 nitrogen and oxygen atoms in total. The normalized spacial score (nSPS) is 12.7. The lowest BCUT2D eigenvalue weighted by Crippen LogP contribution is -2.14. The van der Waals surface area contributed by atoms with Gasteiger partial charge in [-0.3, -0.25) is 9.52 Å². The largest absolute Gasteiger partial charge is 0.293 e. The molecule has 1 N–H and O–H groups in total. The zero-order valence-corrected chi connectivity index (χ0v) is 14.5. The summed E-state index contributed by atoms with van der Waals surface area (Å²) in [5.74, 6) is -2.10. The van der Waals surface area contributed by atoms with Crippen molar-refractivity contribution < 1.29 is 22.0 Å². The average Bonchev–Trinajstić information content (AvgIpc) is 2.49. The number of Topliss-reactive ketones (excluding diaryl/α,β-unsaturated/α-hetero) is 1. The molecule has 0 aliphatic carbocycles. The molecule has 2 aromatic carbocycles. The highest BCUT2D eigenvalue weighted by Crippen LogP contribution is 2.27. The van der Waals surface area contributed by atoms with E-state index in [1.54, 1.807) is 6.92 Å². The summed E-state index contributed by atoms with van der Waals surface area (Å²) in [6.45, 7) is 1.66. The summed E-state index contributed by atoms with van der Waals surface area (Å²) in [5, 5.41) is -0.511. The number of nitrogens with one attached hydrogen (secondary N) is 1. The van der Waals surface area contributed by atoms with Crippen molar-refractivity contribution in [3.05, 3.63) is 59.7 Å². The number of thioether (sulfide) groups is 1. The van der Waals surface area contributed by atoms with Crippen molar-refractivity contribution in [2.45, 2.75) is 17.1 Å². The number of rotatable bonds is 6. The minimum absolute atomic E-state index is 0.198. The third-order valence-electron chi connectivity index (χ3n) is 3.05. The van der Waals surface area contributed by atoms with E-state index in [4.69, 9.17) is 0 Å². The third kappa shape index (κ3) is 5.04. The Hall–Kier alpha value is -1.93. The van der Waals surface area contributed by atoms with Gasteiger partial charge in [-0.1, -0.05) is 0 Å². The highest BCUT2D eigenvalue weighted by molar-refractivity contribution is 8.00. The van der Waals surface area contributed by atoms with Crippen molar-refractivity contribution in [2.24, 2.45) is 0 Å². The molecule has 0 saturated carbocycles. The van der Waals surface area contributed by atoms with E-state index in [0.717, 1.165) is 30.2 Å². The third-order valence-corrected chi connectivity index (χ3v) is 4.75. The van der Waals surface area contributed by atoms with Gasteiger partial charge in [0.1, 0.15) is 0 Å². The van der Waals surface area contributed by atoms with Gasteiger partial charge in [0, 0.05) is 16.1 Å². The Morgan fingerprint density at radius 2 is 1.71 bits per heavy atom. The summed E-state index contributed by atoms with van der Waals surface area (Å²) in [7, 11) is -3.38. The van der Waals surface area contributed by atoms with Gasteiger partial charge in [-0.05, 0) is 49.4 Å². The molecule has 24 heavy (non-hydrogen) atoms. The van der Waals surface area contributed by atoms with Gasteiger partial charge in [-0.15, -0.1) is 11.8 Å². The molecule has 0 amide bonds. The fourth-order valence-corrected chi connectivity index (χ4v) is 3.49. The van der Waals surface area contributed by atoms with Gasteiger partial charge in [-0.25, -0.2) is 17.2 Å². The number of ketones is 1. The van der Waals surface area contributed by atoms with Crippen molar-refractivity contribution in [1.29, 1.82) is 0 Å². The number of benzene rings is 2. The van der Waals surface area contributed by atoms with E-state index in [2.05, 4.69) is 4.72 Å². The average molecular weight is 371 g/mol. The molecule has 1 atom stereocenters. The molecule has 2 aromatic rings. The van der Waals surface area contributed by atoms with Crippen LogP contribution < -0.4 is 4.72 Å². The zero-order valence-electron chi connectivity index (χ0n) is 12.9. The number of anilines is 1. The summed E-state index contributed by atoms with van der Waals surface area (Å²) in [6.07, 6.45) is 1.03. The number of carbonyl (C=O) groups excluding carboxylic acids is 1. The van der Waals surface area contributed by atoms with Crippen molar-refractivity contribution in [3.63, 3.8) is 0 Å². The van der Waals surface area contributed by atoms with Crippen molar-refractivity contribution in [2.75, 3.05) is 11.0 Å². The van der Waals surface area contributed by atoms with Crippen LogP contribution in [-0.2, 0) is 10.0 Å². The first-order valence-corrected chi connectivity index (χ1v) is 9.66. The molecule has 0 heterocycles. The maximum atomic E-state index is 13.2. The molecule has 0 fully saturated rings. The molecule has 0 unspecified atom stereocenters. The molecular weight excluding hydrogens is 356 g/mol. The van der Waals surface area contributed by atoms with Crippen LogP contribution in [-0.4, -0.2) is 25.7 Å². The summed E-state index contributed by atoms with van der Waals surface area (Å²) < 4.78 is 50.7. The lowest BCUT2D eigenvalue weighted by Gasteiger charge is -2.11. The number of halogens is 2. The van der Waals surface area contributed by atoms with Crippen LogP contribution in [0.1, 0.15) is 17.3 Å². The van der Waals surface area contributed by atoms with Crippen molar-refractivity contribution in [1.82, 2.24) is 0 Å². The second-order valence-corrected chi connectivity index (χ2v) is 8.31. The van der Waals surface area contributed by atoms with Crippen molar-refractivity contribution in [3.8, 4) is 0 Å². The second kappa shape index (κ2) is 7.31. The van der Waals surface area contributed by atoms with Crippen LogP contribution in [0.15, 0.2) is 47.4 Å². The van der Waals surface area contributed by atoms with Crippen LogP contribution in [0.3, 0.4) is 0 Å². The molecule has 0 aromatic heterocycles. The molecule has 0 saturated heterocycles. The molecular formula is C16H15F2NO3S2. The fourth-order valence-electron chi connectivity index (χ4n) is 1.96. The highest BCUT2D eigenvalue weighted by Gasteiger charge is 2.17. The SMILES string of the molecule is C[C@H](Sc1ccc(F)c(F)c1)C(=O)c1ccc(NS(C)(=O)=O)cc1. The highest BCUT2D eigenvalue weighted by atomic mass is 32.2. The first kappa shape index (κ1) is 18.4. The molecule has 0 spiro atoms. The smallest absolute Gasteiger partial charge is 0.229 e. The minimum Gasteiger partial charge on any atom is -0.293 e. The summed E-state index contributed by atoms with van der Waals surface area (Å²) >= 11 is 1.12. The quantitative estimate of drug-likeness (QED) is 0.621. The number of sulfonamides is 1. The van der Waals surface area contributed by atoms with Gasteiger partial charge < -0.3 is 0 Å². The molecule has 0 aliphatic rings. The lowest BCUT2D eigenvalue weighted by molar-refractivity contribution is 0.0994. The predicted octanol–water partition coefficient (Wildman–Crippen LogP) is 3.70. The van der Waals surface area contributed by atoms with Crippen molar-refractivity contribution >= 4 is 33.3 Å². The summed E-state index contributed by atoms with van der Waals surface area (Å²) in [4.78, 5) is 12.8. The summed E-state index contributed by atoms with van der Waals surface area (Å²) in [6, 6.07) is 9.47. The maximum absolute atomic E-state index is 13.2. The second-order valence-electron chi connectivity index (χ2n) is 5.15. The molecule has 0 aliphatic heterocycles. The van der Waals surface area contributed by atoms with E-state index in [0.29, 0.717) is 16.1 Å². The summed E-state index contributed by atoms with van der Waals surface area (Å²) in [5.41, 5.74) is 0.756. The van der Waals surface area contributed by atoms with E-state index in [1.165, 1.54) is 30.3 Å². The standard InChI is InChI=1S/C16H15F2NO3S2/c1-10(23-13-7-8-14(17)15(18)9-13)16(20)11-3-5-12(6-4-11)19-24(2,21)22/h3-10,19H,1-2H3/t10-/m0/s1. The van der Waals surface area contributed by atoms with Crippen LogP contribution in [0, 0.1) is 11.6 Å². The Morgan fingerprint density at radius 3 is 2.25 bits per heavy atom. The monoisotopic (exact) mass is 371 g/mol. The van der Waals surface area contributed by atoms with E-state index in [-0.39, 0.29) is 5.78 Å². The van der Waals surface area contributed by atoms with Crippen LogP contribution in [0.2, 0.25) is 0 Å². The Bertz CT molecular complexity index is 852. The first-order valence-electron chi connectivity index (χ1n) is 6.89. The van der Waals surface area contributed by atoms with E-state index >= 15 is 0 Å².